The molecule has 0 aliphatic heterocycles. The molecule has 0 N–H and O–H groups in total. The van der Waals surface area contributed by atoms with Crippen LogP contribution in [0.2, 0.25) is 0 Å². The molecule has 0 saturated carbocycles. The Morgan fingerprint density at radius 2 is 1.80 bits per heavy atom. The van der Waals surface area contributed by atoms with E-state index in [0.717, 1.165) is 18.6 Å². The van der Waals surface area contributed by atoms with Gasteiger partial charge in [-0.2, -0.15) is 0 Å². The number of hydrogen-bond acceptors (Lipinski definition) is 3. The van der Waals surface area contributed by atoms with Crippen molar-refractivity contribution >= 4 is 5.97 Å². The highest BCUT2D eigenvalue weighted by atomic mass is 16.5. The maximum Gasteiger partial charge on any atom is 0.302 e. The van der Waals surface area contributed by atoms with Gasteiger partial charge in [0.2, 0.25) is 0 Å². The molecule has 3 heteroatoms. The van der Waals surface area contributed by atoms with Gasteiger partial charge in [0.15, 0.2) is 0 Å². The fourth-order valence-corrected chi connectivity index (χ4v) is 1.13. The first-order chi connectivity index (χ1) is 7.29. The van der Waals surface area contributed by atoms with Gasteiger partial charge < -0.3 is 9.47 Å². The largest absolute Gasteiger partial charge is 0.494 e. The molecule has 0 aliphatic carbocycles. The molecule has 3 nitrogen and oxygen atoms in total. The summed E-state index contributed by atoms with van der Waals surface area (Å²) in [5.74, 6) is 0.656. The Labute approximate surface area is 90.0 Å². The molecule has 1 aromatic carbocycles. The summed E-state index contributed by atoms with van der Waals surface area (Å²) in [4.78, 5) is 10.4. The number of carbonyl (C=O) groups excluding carboxylic acids is 1. The fraction of sp³-hybridized carbons (Fsp3) is 0.417. The number of carbonyl (C=O) groups is 1. The number of esters is 1. The molecule has 1 aromatic rings. The summed E-state index contributed by atoms with van der Waals surface area (Å²) in [6.45, 7) is 2.55. The van der Waals surface area contributed by atoms with E-state index in [2.05, 4.69) is 0 Å². The van der Waals surface area contributed by atoms with Crippen LogP contribution < -0.4 is 4.74 Å². The van der Waals surface area contributed by atoms with Crippen LogP contribution in [-0.4, -0.2) is 19.2 Å². The summed E-state index contributed by atoms with van der Waals surface area (Å²) in [6, 6.07) is 9.67. The van der Waals surface area contributed by atoms with E-state index in [-0.39, 0.29) is 5.97 Å². The van der Waals surface area contributed by atoms with Crippen LogP contribution in [0.25, 0.3) is 0 Å². The highest BCUT2D eigenvalue weighted by Gasteiger charge is 1.94. The second-order valence-corrected chi connectivity index (χ2v) is 3.21. The highest BCUT2D eigenvalue weighted by molar-refractivity contribution is 5.65. The van der Waals surface area contributed by atoms with Gasteiger partial charge >= 0.3 is 5.97 Å². The standard InChI is InChI=1S/C12H16O3/c1-11(13)14-9-5-6-10-15-12-7-3-2-4-8-12/h2-4,7-8H,5-6,9-10H2,1H3. The minimum Gasteiger partial charge on any atom is -0.494 e. The molecule has 0 aromatic heterocycles. The van der Waals surface area contributed by atoms with Crippen LogP contribution in [0, 0.1) is 0 Å². The van der Waals surface area contributed by atoms with Gasteiger partial charge in [0, 0.05) is 6.92 Å². The van der Waals surface area contributed by atoms with E-state index in [9.17, 15) is 4.79 Å². The molecule has 1 rings (SSSR count). The van der Waals surface area contributed by atoms with Crippen molar-refractivity contribution in [3.8, 4) is 5.75 Å². The maximum absolute atomic E-state index is 10.4. The fourth-order valence-electron chi connectivity index (χ4n) is 1.13. The number of para-hydroxylation sites is 1. The molecular weight excluding hydrogens is 192 g/mol. The van der Waals surface area contributed by atoms with Crippen LogP contribution in [0.4, 0.5) is 0 Å². The Morgan fingerprint density at radius 3 is 2.47 bits per heavy atom. The third-order valence-corrected chi connectivity index (χ3v) is 1.86. The molecule has 0 amide bonds. The van der Waals surface area contributed by atoms with E-state index < -0.39 is 0 Å². The number of hydrogen-bond donors (Lipinski definition) is 0. The molecule has 0 atom stereocenters. The van der Waals surface area contributed by atoms with Crippen LogP contribution in [0.15, 0.2) is 30.3 Å². The molecule has 82 valence electrons. The Balaban J connectivity index is 2.00. The van der Waals surface area contributed by atoms with Gasteiger partial charge in [0.25, 0.3) is 0 Å². The predicted molar refractivity (Wildman–Crippen MR) is 57.8 cm³/mol. The van der Waals surface area contributed by atoms with E-state index in [1.54, 1.807) is 0 Å². The van der Waals surface area contributed by atoms with Crippen molar-refractivity contribution in [3.63, 3.8) is 0 Å². The number of rotatable bonds is 6. The summed E-state index contributed by atoms with van der Waals surface area (Å²) in [7, 11) is 0. The molecule has 0 heterocycles. The Kier molecular flexibility index (Phi) is 5.30. The number of ether oxygens (including phenoxy) is 2. The van der Waals surface area contributed by atoms with Crippen molar-refractivity contribution in [1.29, 1.82) is 0 Å². The van der Waals surface area contributed by atoms with Crippen LogP contribution in [0.3, 0.4) is 0 Å². The van der Waals surface area contributed by atoms with Crippen molar-refractivity contribution in [1.82, 2.24) is 0 Å². The lowest BCUT2D eigenvalue weighted by Gasteiger charge is -2.05. The van der Waals surface area contributed by atoms with Crippen LogP contribution in [-0.2, 0) is 9.53 Å². The molecule has 0 bridgehead atoms. The van der Waals surface area contributed by atoms with Crippen molar-refractivity contribution in [2.75, 3.05) is 13.2 Å². The van der Waals surface area contributed by atoms with Crippen LogP contribution in [0.5, 0.6) is 5.75 Å². The maximum atomic E-state index is 10.4. The molecule has 0 radical (unpaired) electrons. The lowest BCUT2D eigenvalue weighted by atomic mass is 10.3. The zero-order chi connectivity index (χ0) is 10.9. The molecule has 0 fully saturated rings. The summed E-state index contributed by atoms with van der Waals surface area (Å²) >= 11 is 0. The smallest absolute Gasteiger partial charge is 0.302 e. The van der Waals surface area contributed by atoms with Gasteiger partial charge in [0.1, 0.15) is 5.75 Å². The Hall–Kier alpha value is -1.51. The summed E-state index contributed by atoms with van der Waals surface area (Å²) < 4.78 is 10.3. The number of benzene rings is 1. The second-order valence-electron chi connectivity index (χ2n) is 3.21. The Morgan fingerprint density at radius 1 is 1.13 bits per heavy atom. The SMILES string of the molecule is CC(=O)OCCCCOc1ccccc1. The van der Waals surface area contributed by atoms with Gasteiger partial charge in [0.05, 0.1) is 13.2 Å². The van der Waals surface area contributed by atoms with Crippen molar-refractivity contribution in [3.05, 3.63) is 30.3 Å². The average molecular weight is 208 g/mol. The van der Waals surface area contributed by atoms with Crippen molar-refractivity contribution in [2.45, 2.75) is 19.8 Å². The summed E-state index contributed by atoms with van der Waals surface area (Å²) in [5.41, 5.74) is 0. The molecule has 0 spiro atoms. The molecular formula is C12H16O3. The topological polar surface area (TPSA) is 35.5 Å². The van der Waals surface area contributed by atoms with Gasteiger partial charge in [-0.25, -0.2) is 0 Å². The number of unbranched alkanes of at least 4 members (excludes halogenated alkanes) is 1. The molecule has 0 saturated heterocycles. The third kappa shape index (κ3) is 5.73. The van der Waals surface area contributed by atoms with Gasteiger partial charge in [-0.15, -0.1) is 0 Å². The Bertz CT molecular complexity index is 282. The monoisotopic (exact) mass is 208 g/mol. The zero-order valence-electron chi connectivity index (χ0n) is 8.94. The summed E-state index contributed by atoms with van der Waals surface area (Å²) in [6.07, 6.45) is 1.73. The van der Waals surface area contributed by atoms with E-state index >= 15 is 0 Å². The predicted octanol–water partition coefficient (Wildman–Crippen LogP) is 2.41. The van der Waals surface area contributed by atoms with Crippen molar-refractivity contribution < 1.29 is 14.3 Å². The first-order valence-electron chi connectivity index (χ1n) is 5.10. The molecule has 0 unspecified atom stereocenters. The van der Waals surface area contributed by atoms with E-state index in [4.69, 9.17) is 9.47 Å². The quantitative estimate of drug-likeness (QED) is 0.532. The first kappa shape index (κ1) is 11.6. The van der Waals surface area contributed by atoms with Crippen LogP contribution >= 0.6 is 0 Å². The molecule has 0 aliphatic rings. The zero-order valence-corrected chi connectivity index (χ0v) is 8.94. The average Bonchev–Trinajstić information content (AvgIpc) is 2.24. The van der Waals surface area contributed by atoms with Gasteiger partial charge in [-0.05, 0) is 25.0 Å². The highest BCUT2D eigenvalue weighted by Crippen LogP contribution is 2.08. The third-order valence-electron chi connectivity index (χ3n) is 1.86. The second kappa shape index (κ2) is 6.87. The lowest BCUT2D eigenvalue weighted by Crippen LogP contribution is -2.03. The molecule has 15 heavy (non-hydrogen) atoms. The van der Waals surface area contributed by atoms with E-state index in [1.807, 2.05) is 30.3 Å². The summed E-state index contributed by atoms with van der Waals surface area (Å²) in [5, 5.41) is 0. The normalized spacial score (nSPS) is 9.67. The van der Waals surface area contributed by atoms with Gasteiger partial charge in [-0.1, -0.05) is 18.2 Å². The van der Waals surface area contributed by atoms with E-state index in [0.29, 0.717) is 13.2 Å². The van der Waals surface area contributed by atoms with E-state index in [1.165, 1.54) is 6.92 Å². The first-order valence-corrected chi connectivity index (χ1v) is 5.10. The lowest BCUT2D eigenvalue weighted by molar-refractivity contribution is -0.141. The minimum absolute atomic E-state index is 0.223. The van der Waals surface area contributed by atoms with Crippen molar-refractivity contribution in [2.24, 2.45) is 0 Å². The van der Waals surface area contributed by atoms with Gasteiger partial charge in [-0.3, -0.25) is 4.79 Å². The van der Waals surface area contributed by atoms with Crippen LogP contribution in [0.1, 0.15) is 19.8 Å². The minimum atomic E-state index is -0.223.